The number of nitrogens with one attached hydrogen (secondary N) is 3. The molecule has 1 aliphatic heterocycles. The van der Waals surface area contributed by atoms with Crippen molar-refractivity contribution in [1.29, 1.82) is 0 Å². The second-order valence-corrected chi connectivity index (χ2v) is 7.01. The fraction of sp³-hybridized carbons (Fsp3) is 0.579. The predicted octanol–water partition coefficient (Wildman–Crippen LogP) is 2.01. The minimum atomic E-state index is -0.501. The summed E-state index contributed by atoms with van der Waals surface area (Å²) in [6.45, 7) is 7.64. The van der Waals surface area contributed by atoms with Crippen LogP contribution in [0.1, 0.15) is 49.0 Å². The minimum absolute atomic E-state index is 0.0978. The highest BCUT2D eigenvalue weighted by Crippen LogP contribution is 2.10. The van der Waals surface area contributed by atoms with Crippen LogP contribution in [0.15, 0.2) is 24.3 Å². The van der Waals surface area contributed by atoms with Crippen molar-refractivity contribution >= 4 is 11.8 Å². The Morgan fingerprint density at radius 1 is 1.29 bits per heavy atom. The number of carbonyl (C=O) groups is 2. The van der Waals surface area contributed by atoms with E-state index >= 15 is 0 Å². The molecule has 2 unspecified atom stereocenters. The van der Waals surface area contributed by atoms with Crippen LogP contribution in [-0.2, 0) is 4.79 Å². The smallest absolute Gasteiger partial charge is 0.252 e. The maximum Gasteiger partial charge on any atom is 0.252 e. The molecule has 1 fully saturated rings. The molecule has 1 aromatic carbocycles. The number of aryl methyl sites for hydroxylation is 1. The van der Waals surface area contributed by atoms with Crippen molar-refractivity contribution in [3.05, 3.63) is 35.4 Å². The van der Waals surface area contributed by atoms with Gasteiger partial charge in [0.05, 0.1) is 0 Å². The zero-order valence-corrected chi connectivity index (χ0v) is 14.9. The van der Waals surface area contributed by atoms with Crippen molar-refractivity contribution in [2.24, 2.45) is 5.92 Å². The molecule has 24 heavy (non-hydrogen) atoms. The summed E-state index contributed by atoms with van der Waals surface area (Å²) in [4.78, 5) is 25.1. The molecule has 132 valence electrons. The average molecular weight is 331 g/mol. The fourth-order valence-electron chi connectivity index (χ4n) is 3.04. The maximum absolute atomic E-state index is 12.5. The van der Waals surface area contributed by atoms with Crippen molar-refractivity contribution in [3.63, 3.8) is 0 Å². The number of carbonyl (C=O) groups excluding carboxylic acids is 2. The highest BCUT2D eigenvalue weighted by atomic mass is 16.2. The SMILES string of the molecule is Cc1ccccc1C(=O)NC(CC(C)C)C(=O)NCC1CCCN1. The van der Waals surface area contributed by atoms with Crippen molar-refractivity contribution in [3.8, 4) is 0 Å². The minimum Gasteiger partial charge on any atom is -0.353 e. The first-order chi connectivity index (χ1) is 11.5. The largest absolute Gasteiger partial charge is 0.353 e. The summed E-state index contributed by atoms with van der Waals surface area (Å²) in [5, 5.41) is 9.26. The number of hydrogen-bond acceptors (Lipinski definition) is 3. The van der Waals surface area contributed by atoms with Gasteiger partial charge in [0.15, 0.2) is 0 Å². The van der Waals surface area contributed by atoms with E-state index < -0.39 is 6.04 Å². The van der Waals surface area contributed by atoms with Crippen LogP contribution in [0.4, 0.5) is 0 Å². The van der Waals surface area contributed by atoms with Crippen LogP contribution in [0.5, 0.6) is 0 Å². The molecule has 0 aliphatic carbocycles. The van der Waals surface area contributed by atoms with E-state index in [9.17, 15) is 9.59 Å². The van der Waals surface area contributed by atoms with Gasteiger partial charge in [-0.15, -0.1) is 0 Å². The van der Waals surface area contributed by atoms with E-state index in [0.29, 0.717) is 30.5 Å². The molecule has 5 nitrogen and oxygen atoms in total. The van der Waals surface area contributed by atoms with Crippen molar-refractivity contribution < 1.29 is 9.59 Å². The molecule has 2 rings (SSSR count). The van der Waals surface area contributed by atoms with Gasteiger partial charge in [-0.3, -0.25) is 9.59 Å². The van der Waals surface area contributed by atoms with Gasteiger partial charge in [-0.25, -0.2) is 0 Å². The molecular weight excluding hydrogens is 302 g/mol. The number of rotatable bonds is 7. The summed E-state index contributed by atoms with van der Waals surface area (Å²) in [5.41, 5.74) is 1.53. The summed E-state index contributed by atoms with van der Waals surface area (Å²) >= 11 is 0. The topological polar surface area (TPSA) is 70.2 Å². The van der Waals surface area contributed by atoms with E-state index in [1.54, 1.807) is 6.07 Å². The van der Waals surface area contributed by atoms with Crippen molar-refractivity contribution in [2.45, 2.75) is 52.1 Å². The molecule has 2 amide bonds. The molecule has 2 atom stereocenters. The molecule has 0 saturated carbocycles. The predicted molar refractivity (Wildman–Crippen MR) is 95.9 cm³/mol. The third-order valence-corrected chi connectivity index (χ3v) is 4.40. The van der Waals surface area contributed by atoms with Crippen LogP contribution >= 0.6 is 0 Å². The lowest BCUT2D eigenvalue weighted by Gasteiger charge is -2.22. The Kier molecular flexibility index (Phi) is 6.79. The zero-order chi connectivity index (χ0) is 17.5. The monoisotopic (exact) mass is 331 g/mol. The van der Waals surface area contributed by atoms with E-state index in [0.717, 1.165) is 24.9 Å². The van der Waals surface area contributed by atoms with E-state index in [2.05, 4.69) is 29.8 Å². The molecule has 1 aliphatic rings. The quantitative estimate of drug-likeness (QED) is 0.716. The molecule has 0 bridgehead atoms. The Bertz CT molecular complexity index is 565. The fourth-order valence-corrected chi connectivity index (χ4v) is 3.04. The highest BCUT2D eigenvalue weighted by Gasteiger charge is 2.24. The average Bonchev–Trinajstić information content (AvgIpc) is 3.05. The van der Waals surface area contributed by atoms with Crippen LogP contribution < -0.4 is 16.0 Å². The van der Waals surface area contributed by atoms with Gasteiger partial charge in [0.1, 0.15) is 6.04 Å². The molecule has 1 heterocycles. The molecule has 0 aromatic heterocycles. The number of hydrogen-bond donors (Lipinski definition) is 3. The van der Waals surface area contributed by atoms with E-state index in [-0.39, 0.29) is 11.8 Å². The molecule has 5 heteroatoms. The van der Waals surface area contributed by atoms with Gasteiger partial charge < -0.3 is 16.0 Å². The van der Waals surface area contributed by atoms with Gasteiger partial charge in [-0.2, -0.15) is 0 Å². The third-order valence-electron chi connectivity index (χ3n) is 4.40. The lowest BCUT2D eigenvalue weighted by molar-refractivity contribution is -0.123. The lowest BCUT2D eigenvalue weighted by Crippen LogP contribution is -2.49. The standard InChI is InChI=1S/C19H29N3O2/c1-13(2)11-17(19(24)21-12-15-8-6-10-20-15)22-18(23)16-9-5-4-7-14(16)3/h4-5,7,9,13,15,17,20H,6,8,10-12H2,1-3H3,(H,21,24)(H,22,23). The summed E-state index contributed by atoms with van der Waals surface area (Å²) in [5.74, 6) is 0.0368. The van der Waals surface area contributed by atoms with Gasteiger partial charge >= 0.3 is 0 Å². The van der Waals surface area contributed by atoms with Crippen molar-refractivity contribution in [2.75, 3.05) is 13.1 Å². The van der Waals surface area contributed by atoms with Gasteiger partial charge in [0.2, 0.25) is 5.91 Å². The van der Waals surface area contributed by atoms with Crippen LogP contribution in [-0.4, -0.2) is 37.0 Å². The maximum atomic E-state index is 12.5. The highest BCUT2D eigenvalue weighted by molar-refractivity contribution is 5.98. The summed E-state index contributed by atoms with van der Waals surface area (Å²) in [7, 11) is 0. The molecule has 3 N–H and O–H groups in total. The Labute approximate surface area is 144 Å². The van der Waals surface area contributed by atoms with Crippen LogP contribution in [0.2, 0.25) is 0 Å². The Morgan fingerprint density at radius 2 is 2.04 bits per heavy atom. The van der Waals surface area contributed by atoms with Gasteiger partial charge in [-0.05, 0) is 50.3 Å². The molecule has 0 spiro atoms. The van der Waals surface area contributed by atoms with Crippen LogP contribution in [0.25, 0.3) is 0 Å². The molecule has 1 aromatic rings. The Balaban J connectivity index is 1.97. The first-order valence-electron chi connectivity index (χ1n) is 8.85. The van der Waals surface area contributed by atoms with Gasteiger partial charge in [0, 0.05) is 18.2 Å². The molecule has 1 saturated heterocycles. The number of amides is 2. The number of benzene rings is 1. The first-order valence-corrected chi connectivity index (χ1v) is 8.85. The first kappa shape index (κ1) is 18.5. The molecule has 0 radical (unpaired) electrons. The van der Waals surface area contributed by atoms with Gasteiger partial charge in [-0.1, -0.05) is 32.0 Å². The second kappa shape index (κ2) is 8.83. The van der Waals surface area contributed by atoms with Crippen LogP contribution in [0.3, 0.4) is 0 Å². The normalized spacial score (nSPS) is 18.4. The van der Waals surface area contributed by atoms with E-state index in [1.807, 2.05) is 25.1 Å². The Morgan fingerprint density at radius 3 is 2.67 bits per heavy atom. The summed E-state index contributed by atoms with van der Waals surface area (Å²) < 4.78 is 0. The van der Waals surface area contributed by atoms with Gasteiger partial charge in [0.25, 0.3) is 5.91 Å². The van der Waals surface area contributed by atoms with E-state index in [4.69, 9.17) is 0 Å². The second-order valence-electron chi connectivity index (χ2n) is 7.01. The third kappa shape index (κ3) is 5.34. The van der Waals surface area contributed by atoms with E-state index in [1.165, 1.54) is 0 Å². The van der Waals surface area contributed by atoms with Crippen molar-refractivity contribution in [1.82, 2.24) is 16.0 Å². The molecular formula is C19H29N3O2. The zero-order valence-electron chi connectivity index (χ0n) is 14.9. The lowest BCUT2D eigenvalue weighted by atomic mass is 10.0. The summed E-state index contributed by atoms with van der Waals surface area (Å²) in [6, 6.07) is 7.28. The summed E-state index contributed by atoms with van der Waals surface area (Å²) in [6.07, 6.45) is 2.87. The van der Waals surface area contributed by atoms with Crippen LogP contribution in [0, 0.1) is 12.8 Å². The Hall–Kier alpha value is -1.88.